The smallest absolute Gasteiger partial charge is 0.255 e. The molecule has 0 spiro atoms. The summed E-state index contributed by atoms with van der Waals surface area (Å²) >= 11 is 0. The molecule has 1 amide bonds. The number of benzene rings is 1. The molecule has 0 saturated carbocycles. The van der Waals surface area contributed by atoms with Gasteiger partial charge in [0.25, 0.3) is 5.91 Å². The van der Waals surface area contributed by atoms with Crippen LogP contribution in [0.25, 0.3) is 0 Å². The first-order chi connectivity index (χ1) is 8.41. The standard InChI is InChI=1S/C14H23N3O/c1-10(2)7-8-16-13-9-11(15)5-6-12(13)14(18)17(3)4/h5-6,9-10,16H,7-8,15H2,1-4H3. The van der Waals surface area contributed by atoms with E-state index in [0.29, 0.717) is 17.2 Å². The van der Waals surface area contributed by atoms with E-state index in [2.05, 4.69) is 19.2 Å². The Hall–Kier alpha value is -1.71. The Bertz CT molecular complexity index is 414. The number of carbonyl (C=O) groups is 1. The molecule has 0 aliphatic rings. The van der Waals surface area contributed by atoms with Gasteiger partial charge in [-0.3, -0.25) is 4.79 Å². The van der Waals surface area contributed by atoms with Crippen LogP contribution in [0.3, 0.4) is 0 Å². The Labute approximate surface area is 109 Å². The number of hydrogen-bond donors (Lipinski definition) is 2. The van der Waals surface area contributed by atoms with Crippen LogP contribution in [0.4, 0.5) is 11.4 Å². The van der Waals surface area contributed by atoms with E-state index < -0.39 is 0 Å². The van der Waals surface area contributed by atoms with E-state index in [0.717, 1.165) is 18.7 Å². The summed E-state index contributed by atoms with van der Waals surface area (Å²) in [6.45, 7) is 5.19. The lowest BCUT2D eigenvalue weighted by atomic mass is 10.1. The molecule has 0 aromatic heterocycles. The molecule has 0 atom stereocenters. The quantitative estimate of drug-likeness (QED) is 0.788. The van der Waals surface area contributed by atoms with Gasteiger partial charge >= 0.3 is 0 Å². The van der Waals surface area contributed by atoms with E-state index in [1.54, 1.807) is 31.1 Å². The van der Waals surface area contributed by atoms with Crippen molar-refractivity contribution in [3.05, 3.63) is 23.8 Å². The Kier molecular flexibility index (Phi) is 5.01. The van der Waals surface area contributed by atoms with Gasteiger partial charge in [0.2, 0.25) is 0 Å². The van der Waals surface area contributed by atoms with Crippen LogP contribution >= 0.6 is 0 Å². The van der Waals surface area contributed by atoms with E-state index in [1.807, 2.05) is 6.07 Å². The van der Waals surface area contributed by atoms with Gasteiger partial charge in [0.15, 0.2) is 0 Å². The molecular weight excluding hydrogens is 226 g/mol. The highest BCUT2D eigenvalue weighted by molar-refractivity contribution is 5.99. The number of anilines is 2. The lowest BCUT2D eigenvalue weighted by molar-refractivity contribution is 0.0828. The Balaban J connectivity index is 2.86. The van der Waals surface area contributed by atoms with E-state index >= 15 is 0 Å². The zero-order chi connectivity index (χ0) is 13.7. The van der Waals surface area contributed by atoms with E-state index in [1.165, 1.54) is 0 Å². The highest BCUT2D eigenvalue weighted by Gasteiger charge is 2.13. The number of amides is 1. The molecule has 3 N–H and O–H groups in total. The minimum atomic E-state index is -0.0120. The first kappa shape index (κ1) is 14.4. The highest BCUT2D eigenvalue weighted by Crippen LogP contribution is 2.20. The molecule has 0 bridgehead atoms. The van der Waals surface area contributed by atoms with Gasteiger partial charge in [0.1, 0.15) is 0 Å². The molecule has 0 aliphatic carbocycles. The lowest BCUT2D eigenvalue weighted by Gasteiger charge is -2.16. The fourth-order valence-corrected chi connectivity index (χ4v) is 1.63. The topological polar surface area (TPSA) is 58.4 Å². The SMILES string of the molecule is CC(C)CCNc1cc(N)ccc1C(=O)N(C)C. The van der Waals surface area contributed by atoms with Crippen LogP contribution < -0.4 is 11.1 Å². The molecule has 4 heteroatoms. The van der Waals surface area contributed by atoms with E-state index in [9.17, 15) is 4.79 Å². The second kappa shape index (κ2) is 6.28. The molecule has 0 fully saturated rings. The van der Waals surface area contributed by atoms with Crippen LogP contribution in [0.5, 0.6) is 0 Å². The molecule has 1 aromatic rings. The monoisotopic (exact) mass is 249 g/mol. The van der Waals surface area contributed by atoms with Crippen LogP contribution in [0, 0.1) is 5.92 Å². The maximum atomic E-state index is 12.0. The Morgan fingerprint density at radius 1 is 1.39 bits per heavy atom. The number of carbonyl (C=O) groups excluding carboxylic acids is 1. The van der Waals surface area contributed by atoms with Crippen molar-refractivity contribution in [2.75, 3.05) is 31.7 Å². The molecule has 4 nitrogen and oxygen atoms in total. The van der Waals surface area contributed by atoms with Crippen molar-refractivity contribution in [1.82, 2.24) is 4.90 Å². The minimum absolute atomic E-state index is 0.0120. The van der Waals surface area contributed by atoms with Crippen molar-refractivity contribution in [3.63, 3.8) is 0 Å². The number of nitrogens with one attached hydrogen (secondary N) is 1. The second-order valence-electron chi connectivity index (χ2n) is 5.11. The van der Waals surface area contributed by atoms with Crippen molar-refractivity contribution < 1.29 is 4.79 Å². The number of hydrogen-bond acceptors (Lipinski definition) is 3. The van der Waals surface area contributed by atoms with Crippen molar-refractivity contribution >= 4 is 17.3 Å². The highest BCUT2D eigenvalue weighted by atomic mass is 16.2. The first-order valence-electron chi connectivity index (χ1n) is 6.27. The van der Waals surface area contributed by atoms with Crippen LogP contribution in [0.1, 0.15) is 30.6 Å². The van der Waals surface area contributed by atoms with E-state index in [4.69, 9.17) is 5.73 Å². The van der Waals surface area contributed by atoms with Gasteiger partial charge in [-0.05, 0) is 30.5 Å². The Morgan fingerprint density at radius 3 is 2.61 bits per heavy atom. The second-order valence-corrected chi connectivity index (χ2v) is 5.11. The summed E-state index contributed by atoms with van der Waals surface area (Å²) in [4.78, 5) is 13.6. The predicted octanol–water partition coefficient (Wildman–Crippen LogP) is 2.43. The predicted molar refractivity (Wildman–Crippen MR) is 76.8 cm³/mol. The lowest BCUT2D eigenvalue weighted by Crippen LogP contribution is -2.23. The summed E-state index contributed by atoms with van der Waals surface area (Å²) in [7, 11) is 3.49. The fraction of sp³-hybridized carbons (Fsp3) is 0.500. The largest absolute Gasteiger partial charge is 0.399 e. The Morgan fingerprint density at radius 2 is 2.06 bits per heavy atom. The van der Waals surface area contributed by atoms with Crippen LogP contribution in [0.2, 0.25) is 0 Å². The van der Waals surface area contributed by atoms with Gasteiger partial charge in [-0.2, -0.15) is 0 Å². The van der Waals surface area contributed by atoms with Crippen molar-refractivity contribution in [1.29, 1.82) is 0 Å². The molecular formula is C14H23N3O. The summed E-state index contributed by atoms with van der Waals surface area (Å²) in [5, 5.41) is 3.29. The summed E-state index contributed by atoms with van der Waals surface area (Å²) in [6.07, 6.45) is 1.06. The number of nitrogen functional groups attached to an aromatic ring is 1. The molecule has 0 unspecified atom stereocenters. The van der Waals surface area contributed by atoms with Crippen LogP contribution in [0.15, 0.2) is 18.2 Å². The molecule has 1 rings (SSSR count). The van der Waals surface area contributed by atoms with Gasteiger partial charge in [0, 0.05) is 32.0 Å². The maximum Gasteiger partial charge on any atom is 0.255 e. The molecule has 18 heavy (non-hydrogen) atoms. The summed E-state index contributed by atoms with van der Waals surface area (Å²) in [5.74, 6) is 0.619. The minimum Gasteiger partial charge on any atom is -0.399 e. The van der Waals surface area contributed by atoms with Crippen molar-refractivity contribution in [3.8, 4) is 0 Å². The van der Waals surface area contributed by atoms with E-state index in [-0.39, 0.29) is 5.91 Å². The molecule has 0 heterocycles. The average molecular weight is 249 g/mol. The van der Waals surface area contributed by atoms with Crippen LogP contribution in [-0.2, 0) is 0 Å². The molecule has 100 valence electrons. The molecule has 0 aliphatic heterocycles. The normalized spacial score (nSPS) is 10.5. The first-order valence-corrected chi connectivity index (χ1v) is 6.27. The molecule has 1 aromatic carbocycles. The summed E-state index contributed by atoms with van der Waals surface area (Å²) in [6, 6.07) is 5.34. The third-order valence-electron chi connectivity index (χ3n) is 2.72. The average Bonchev–Trinajstić information content (AvgIpc) is 2.27. The van der Waals surface area contributed by atoms with Gasteiger partial charge in [-0.15, -0.1) is 0 Å². The van der Waals surface area contributed by atoms with Gasteiger partial charge < -0.3 is 16.0 Å². The van der Waals surface area contributed by atoms with Gasteiger partial charge in [0.05, 0.1) is 5.56 Å². The fourth-order valence-electron chi connectivity index (χ4n) is 1.63. The zero-order valence-electron chi connectivity index (χ0n) is 11.7. The van der Waals surface area contributed by atoms with Crippen LogP contribution in [-0.4, -0.2) is 31.4 Å². The number of rotatable bonds is 5. The van der Waals surface area contributed by atoms with Gasteiger partial charge in [-0.1, -0.05) is 13.8 Å². The number of nitrogens with zero attached hydrogens (tertiary/aromatic N) is 1. The van der Waals surface area contributed by atoms with Crippen molar-refractivity contribution in [2.24, 2.45) is 5.92 Å². The van der Waals surface area contributed by atoms with Crippen molar-refractivity contribution in [2.45, 2.75) is 20.3 Å². The summed E-state index contributed by atoms with van der Waals surface area (Å²) in [5.41, 5.74) is 7.91. The molecule has 0 saturated heterocycles. The molecule has 0 radical (unpaired) electrons. The van der Waals surface area contributed by atoms with Gasteiger partial charge in [-0.25, -0.2) is 0 Å². The maximum absolute atomic E-state index is 12.0. The zero-order valence-corrected chi connectivity index (χ0v) is 11.7. The third kappa shape index (κ3) is 3.95. The summed E-state index contributed by atoms with van der Waals surface area (Å²) < 4.78 is 0. The third-order valence-corrected chi connectivity index (χ3v) is 2.72. The number of nitrogens with two attached hydrogens (primary N) is 1.